The predicted octanol–water partition coefficient (Wildman–Crippen LogP) is -1.54. The van der Waals surface area contributed by atoms with E-state index in [-0.39, 0.29) is 5.91 Å². The molecule has 1 N–H and O–H groups in total. The Bertz CT molecular complexity index is 95.4. The molecule has 6 heavy (non-hydrogen) atoms. The molecule has 1 amide bonds. The van der Waals surface area contributed by atoms with Gasteiger partial charge in [-0.3, -0.25) is 0 Å². The third-order valence-electron chi connectivity index (χ3n) is 0.663. The van der Waals surface area contributed by atoms with Gasteiger partial charge in [0.15, 0.2) is 0 Å². The molecule has 1 aliphatic rings. The summed E-state index contributed by atoms with van der Waals surface area (Å²) in [5.41, 5.74) is 0. The Balaban J connectivity index is 2.61. The second kappa shape index (κ2) is 1.17. The third kappa shape index (κ3) is 0.402. The van der Waals surface area contributed by atoms with Crippen molar-refractivity contribution in [2.24, 2.45) is 0 Å². The van der Waals surface area contributed by atoms with Gasteiger partial charge in [0.05, 0.1) is 0 Å². The molecular formula is C3H3NOSe. The van der Waals surface area contributed by atoms with Gasteiger partial charge in [0.25, 0.3) is 0 Å². The van der Waals surface area contributed by atoms with Crippen molar-refractivity contribution in [2.75, 3.05) is 6.54 Å². The van der Waals surface area contributed by atoms with Gasteiger partial charge in [0.2, 0.25) is 0 Å². The van der Waals surface area contributed by atoms with Gasteiger partial charge in [-0.25, -0.2) is 0 Å². The molecule has 0 spiro atoms. The Hall–Kier alpha value is -0.141. The van der Waals surface area contributed by atoms with Gasteiger partial charge in [0, 0.05) is 0 Å². The van der Waals surface area contributed by atoms with E-state index in [9.17, 15) is 4.79 Å². The molecule has 1 fully saturated rings. The molecule has 3 heteroatoms. The first-order valence-corrected chi connectivity index (χ1v) is 2.47. The van der Waals surface area contributed by atoms with Crippen LogP contribution in [0.15, 0.2) is 0 Å². The summed E-state index contributed by atoms with van der Waals surface area (Å²) >= 11 is 2.63. The molecule has 0 atom stereocenters. The van der Waals surface area contributed by atoms with Crippen LogP contribution in [0, 0.1) is 0 Å². The first-order valence-electron chi connectivity index (χ1n) is 1.62. The minimum absolute atomic E-state index is 0.0509. The van der Waals surface area contributed by atoms with E-state index >= 15 is 0 Å². The van der Waals surface area contributed by atoms with Crippen LogP contribution in [0.3, 0.4) is 0 Å². The maximum absolute atomic E-state index is 10.1. The summed E-state index contributed by atoms with van der Waals surface area (Å²) in [6.07, 6.45) is 0. The van der Waals surface area contributed by atoms with Crippen molar-refractivity contribution in [1.29, 1.82) is 0 Å². The van der Waals surface area contributed by atoms with E-state index in [1.807, 2.05) is 0 Å². The second-order valence-corrected chi connectivity index (χ2v) is 2.14. The van der Waals surface area contributed by atoms with Crippen molar-refractivity contribution in [3.05, 3.63) is 0 Å². The van der Waals surface area contributed by atoms with Crippen molar-refractivity contribution < 1.29 is 4.79 Å². The zero-order valence-corrected chi connectivity index (χ0v) is 4.74. The number of rotatable bonds is 0. The molecule has 0 saturated carbocycles. The van der Waals surface area contributed by atoms with E-state index < -0.39 is 0 Å². The number of carbonyl (C=O) groups excluding carboxylic acids is 1. The summed E-state index contributed by atoms with van der Waals surface area (Å²) in [6, 6.07) is 0. The van der Waals surface area contributed by atoms with Gasteiger partial charge in [-0.05, 0) is 0 Å². The van der Waals surface area contributed by atoms with Crippen molar-refractivity contribution in [1.82, 2.24) is 5.32 Å². The van der Waals surface area contributed by atoms with Crippen LogP contribution in [0.4, 0.5) is 0 Å². The molecule has 32 valence electrons. The Labute approximate surface area is 43.3 Å². The first kappa shape index (κ1) is 4.03. The standard InChI is InChI=1S/C3H3NOSe/c5-3-2(6)1-4-3/h1H2,(H,4,5). The second-order valence-electron chi connectivity index (χ2n) is 1.11. The normalized spacial score (nSPS) is 19.3. The molecule has 0 bridgehead atoms. The molecule has 0 unspecified atom stereocenters. The molecule has 0 aliphatic carbocycles. The molecule has 2 nitrogen and oxygen atoms in total. The quantitative estimate of drug-likeness (QED) is 0.327. The summed E-state index contributed by atoms with van der Waals surface area (Å²) in [5, 5.41) is 2.55. The summed E-state index contributed by atoms with van der Waals surface area (Å²) < 4.78 is 0.815. The molecule has 1 aliphatic heterocycles. The van der Waals surface area contributed by atoms with Crippen LogP contribution in [0.25, 0.3) is 0 Å². The Morgan fingerprint density at radius 2 is 2.33 bits per heavy atom. The van der Waals surface area contributed by atoms with E-state index in [1.165, 1.54) is 0 Å². The van der Waals surface area contributed by atoms with Gasteiger partial charge in [-0.15, -0.1) is 0 Å². The zero-order chi connectivity index (χ0) is 4.57. The van der Waals surface area contributed by atoms with E-state index in [2.05, 4.69) is 20.9 Å². The summed E-state index contributed by atoms with van der Waals surface area (Å²) in [6.45, 7) is 0.735. The molecule has 0 radical (unpaired) electrons. The van der Waals surface area contributed by atoms with Gasteiger partial charge < -0.3 is 0 Å². The van der Waals surface area contributed by atoms with Gasteiger partial charge in [-0.1, -0.05) is 0 Å². The van der Waals surface area contributed by atoms with Crippen LogP contribution in [-0.4, -0.2) is 32.4 Å². The van der Waals surface area contributed by atoms with Crippen LogP contribution >= 0.6 is 0 Å². The number of carbonyl (C=O) groups is 1. The van der Waals surface area contributed by atoms with Crippen molar-refractivity contribution in [3.63, 3.8) is 0 Å². The fourth-order valence-electron chi connectivity index (χ4n) is 0.233. The van der Waals surface area contributed by atoms with Gasteiger partial charge in [0.1, 0.15) is 0 Å². The average molecular weight is 148 g/mol. The van der Waals surface area contributed by atoms with E-state index in [4.69, 9.17) is 0 Å². The molecule has 1 saturated heterocycles. The van der Waals surface area contributed by atoms with Crippen molar-refractivity contribution in [2.45, 2.75) is 0 Å². The van der Waals surface area contributed by atoms with Crippen molar-refractivity contribution >= 4 is 25.9 Å². The van der Waals surface area contributed by atoms with E-state index in [0.29, 0.717) is 0 Å². The predicted molar refractivity (Wildman–Crippen MR) is 23.8 cm³/mol. The van der Waals surface area contributed by atoms with Crippen LogP contribution in [0.5, 0.6) is 0 Å². The Kier molecular flexibility index (Phi) is 0.787. The van der Waals surface area contributed by atoms with Gasteiger partial charge in [-0.2, -0.15) is 0 Å². The fourth-order valence-corrected chi connectivity index (χ4v) is 0.536. The topological polar surface area (TPSA) is 29.1 Å². The average Bonchev–Trinajstić information content (AvgIpc) is 1.61. The zero-order valence-electron chi connectivity index (χ0n) is 3.02. The van der Waals surface area contributed by atoms with Crippen molar-refractivity contribution in [3.8, 4) is 0 Å². The number of nitrogens with one attached hydrogen (secondary N) is 1. The molecule has 1 heterocycles. The number of β-lactam (4-membered cyclic amide) rings is 1. The summed E-state index contributed by atoms with van der Waals surface area (Å²) in [7, 11) is 0. The Morgan fingerprint density at radius 3 is 2.33 bits per heavy atom. The molecular weight excluding hydrogens is 145 g/mol. The monoisotopic (exact) mass is 149 g/mol. The molecule has 0 aromatic heterocycles. The van der Waals surface area contributed by atoms with E-state index in [0.717, 1.165) is 11.0 Å². The number of amides is 1. The fraction of sp³-hybridized carbons (Fsp3) is 0.333. The SMILES string of the molecule is O=C1NCC1=[Se]. The van der Waals surface area contributed by atoms with Crippen LogP contribution < -0.4 is 5.32 Å². The molecule has 1 rings (SSSR count). The van der Waals surface area contributed by atoms with E-state index in [1.54, 1.807) is 0 Å². The summed E-state index contributed by atoms with van der Waals surface area (Å²) in [5.74, 6) is 0.0509. The number of hydrogen-bond acceptors (Lipinski definition) is 1. The minimum atomic E-state index is 0.0509. The van der Waals surface area contributed by atoms with Crippen LogP contribution in [0.1, 0.15) is 0 Å². The first-order chi connectivity index (χ1) is 2.80. The van der Waals surface area contributed by atoms with Gasteiger partial charge >= 0.3 is 42.6 Å². The summed E-state index contributed by atoms with van der Waals surface area (Å²) in [4.78, 5) is 10.1. The molecule has 0 aromatic rings. The maximum atomic E-state index is 10.1. The number of hydrogen-bond donors (Lipinski definition) is 1. The Morgan fingerprint density at radius 1 is 1.83 bits per heavy atom. The molecule has 0 aromatic carbocycles. The third-order valence-corrected chi connectivity index (χ3v) is 1.35. The van der Waals surface area contributed by atoms with Crippen LogP contribution in [-0.2, 0) is 4.79 Å². The van der Waals surface area contributed by atoms with Crippen LogP contribution in [0.2, 0.25) is 0 Å².